The fraction of sp³-hybridized carbons (Fsp3) is 0.176. The first-order valence-corrected chi connectivity index (χ1v) is 9.05. The number of nitrogens with zero attached hydrogens (tertiary/aromatic N) is 2. The van der Waals surface area contributed by atoms with E-state index in [1.807, 2.05) is 0 Å². The smallest absolute Gasteiger partial charge is 0.183 e. The average molecular weight is 376 g/mol. The number of hydrogen-bond acceptors (Lipinski definition) is 7. The van der Waals surface area contributed by atoms with Crippen LogP contribution in [0.5, 0.6) is 5.75 Å². The number of aldehydes is 1. The Labute approximate surface area is 151 Å². The minimum absolute atomic E-state index is 0.0843. The van der Waals surface area contributed by atoms with E-state index in [9.17, 15) is 14.0 Å². The second-order valence-electron chi connectivity index (χ2n) is 5.08. The molecule has 8 heteroatoms. The van der Waals surface area contributed by atoms with E-state index in [-0.39, 0.29) is 22.7 Å². The zero-order valence-electron chi connectivity index (χ0n) is 13.4. The lowest BCUT2D eigenvalue weighted by atomic mass is 10.2. The Balaban J connectivity index is 1.92. The lowest BCUT2D eigenvalue weighted by Gasteiger charge is -2.09. The molecule has 0 saturated heterocycles. The maximum Gasteiger partial charge on any atom is 0.183 e. The molecule has 128 valence electrons. The van der Waals surface area contributed by atoms with E-state index in [0.717, 1.165) is 23.1 Å². The molecule has 0 radical (unpaired) electrons. The van der Waals surface area contributed by atoms with Crippen molar-refractivity contribution in [2.45, 2.75) is 11.9 Å². The molecule has 2 aromatic heterocycles. The zero-order valence-corrected chi connectivity index (χ0v) is 15.0. The van der Waals surface area contributed by atoms with Crippen molar-refractivity contribution < 1.29 is 18.7 Å². The van der Waals surface area contributed by atoms with E-state index in [0.29, 0.717) is 32.4 Å². The lowest BCUT2D eigenvalue weighted by Crippen LogP contribution is -2.02. The number of carbonyl (C=O) groups excluding carboxylic acids is 2. The second-order valence-corrected chi connectivity index (χ2v) is 7.16. The Hall–Kier alpha value is -2.32. The van der Waals surface area contributed by atoms with Gasteiger partial charge in [-0.05, 0) is 31.2 Å². The summed E-state index contributed by atoms with van der Waals surface area (Å²) in [6, 6.07) is 6.39. The van der Waals surface area contributed by atoms with E-state index >= 15 is 0 Å². The van der Waals surface area contributed by atoms with Crippen LogP contribution >= 0.6 is 23.1 Å². The molecule has 0 aliphatic carbocycles. The molecule has 0 amide bonds. The monoisotopic (exact) mass is 376 g/mol. The highest BCUT2D eigenvalue weighted by molar-refractivity contribution is 8.00. The second kappa shape index (κ2) is 7.28. The van der Waals surface area contributed by atoms with Crippen LogP contribution in [0.2, 0.25) is 0 Å². The van der Waals surface area contributed by atoms with Gasteiger partial charge in [0.15, 0.2) is 23.6 Å². The standard InChI is InChI=1S/C17H13FN2O3S2/c1-9-19-11-4-5-13(23-2)16(18)15(11)17(20-9)24-8-12(22)14-6-3-10(7-21)25-14/h3-7H,8H2,1-2H3. The van der Waals surface area contributed by atoms with Crippen molar-refractivity contribution in [1.82, 2.24) is 9.97 Å². The van der Waals surface area contributed by atoms with Gasteiger partial charge in [0.05, 0.1) is 33.5 Å². The quantitative estimate of drug-likeness (QED) is 0.281. The van der Waals surface area contributed by atoms with E-state index < -0.39 is 5.82 Å². The molecule has 5 nitrogen and oxygen atoms in total. The minimum Gasteiger partial charge on any atom is -0.494 e. The van der Waals surface area contributed by atoms with Crippen molar-refractivity contribution in [3.05, 3.63) is 45.7 Å². The summed E-state index contributed by atoms with van der Waals surface area (Å²) >= 11 is 2.27. The number of carbonyl (C=O) groups is 2. The summed E-state index contributed by atoms with van der Waals surface area (Å²) in [6.07, 6.45) is 0.706. The molecule has 0 spiro atoms. The maximum absolute atomic E-state index is 14.6. The van der Waals surface area contributed by atoms with Gasteiger partial charge in [0, 0.05) is 0 Å². The minimum atomic E-state index is -0.547. The molecule has 1 aromatic carbocycles. The molecule has 25 heavy (non-hydrogen) atoms. The number of ketones is 1. The van der Waals surface area contributed by atoms with Gasteiger partial charge in [-0.2, -0.15) is 0 Å². The first-order chi connectivity index (χ1) is 12.0. The number of hydrogen-bond donors (Lipinski definition) is 0. The fourth-order valence-electron chi connectivity index (χ4n) is 2.28. The van der Waals surface area contributed by atoms with Crippen molar-refractivity contribution >= 4 is 46.1 Å². The van der Waals surface area contributed by atoms with Crippen LogP contribution in [0, 0.1) is 12.7 Å². The third-order valence-corrected chi connectivity index (χ3v) is 5.45. The van der Waals surface area contributed by atoms with Gasteiger partial charge in [0.25, 0.3) is 0 Å². The summed E-state index contributed by atoms with van der Waals surface area (Å²) in [5.41, 5.74) is 0.458. The van der Waals surface area contributed by atoms with Crippen LogP contribution in [0.25, 0.3) is 10.9 Å². The number of ether oxygens (including phenoxy) is 1. The SMILES string of the molecule is COc1ccc2nc(C)nc(SCC(=O)c3ccc(C=O)s3)c2c1F. The van der Waals surface area contributed by atoms with Crippen LogP contribution in [0.1, 0.15) is 25.2 Å². The van der Waals surface area contributed by atoms with Gasteiger partial charge in [0.2, 0.25) is 0 Å². The van der Waals surface area contributed by atoms with Gasteiger partial charge < -0.3 is 4.74 Å². The highest BCUT2D eigenvalue weighted by Crippen LogP contribution is 2.32. The summed E-state index contributed by atoms with van der Waals surface area (Å²) in [7, 11) is 1.39. The van der Waals surface area contributed by atoms with Gasteiger partial charge in [-0.25, -0.2) is 14.4 Å². The molecular formula is C17H13FN2O3S2. The number of methoxy groups -OCH3 is 1. The Bertz CT molecular complexity index is 972. The van der Waals surface area contributed by atoms with Gasteiger partial charge in [-0.3, -0.25) is 9.59 Å². The molecule has 0 bridgehead atoms. The molecule has 0 unspecified atom stereocenters. The third-order valence-electron chi connectivity index (χ3n) is 3.42. The number of thiophene rings is 1. The molecule has 0 aliphatic heterocycles. The molecule has 0 fully saturated rings. The van der Waals surface area contributed by atoms with Gasteiger partial charge >= 0.3 is 0 Å². The van der Waals surface area contributed by atoms with Crippen molar-refractivity contribution in [2.24, 2.45) is 0 Å². The molecular weight excluding hydrogens is 363 g/mol. The van der Waals surface area contributed by atoms with Crippen LogP contribution in [-0.4, -0.2) is 34.9 Å². The predicted octanol–water partition coefficient (Wildman–Crippen LogP) is 3.93. The molecule has 0 atom stereocenters. The van der Waals surface area contributed by atoms with Crippen molar-refractivity contribution in [1.29, 1.82) is 0 Å². The van der Waals surface area contributed by atoms with Crippen LogP contribution in [0.3, 0.4) is 0 Å². The summed E-state index contributed by atoms with van der Waals surface area (Å²) in [5.74, 6) is -0.0142. The van der Waals surface area contributed by atoms with E-state index in [4.69, 9.17) is 4.74 Å². The van der Waals surface area contributed by atoms with Gasteiger partial charge in [-0.1, -0.05) is 11.8 Å². The Morgan fingerprint density at radius 1 is 1.32 bits per heavy atom. The first-order valence-electron chi connectivity index (χ1n) is 7.25. The van der Waals surface area contributed by atoms with Crippen LogP contribution in [0.15, 0.2) is 29.3 Å². The Morgan fingerprint density at radius 3 is 2.80 bits per heavy atom. The average Bonchev–Trinajstić information content (AvgIpc) is 3.08. The number of benzene rings is 1. The highest BCUT2D eigenvalue weighted by Gasteiger charge is 2.17. The maximum atomic E-state index is 14.6. The molecule has 0 N–H and O–H groups in total. The van der Waals surface area contributed by atoms with E-state index in [1.54, 1.807) is 25.1 Å². The number of halogens is 1. The first kappa shape index (κ1) is 17.5. The predicted molar refractivity (Wildman–Crippen MR) is 95.5 cm³/mol. The Morgan fingerprint density at radius 2 is 2.12 bits per heavy atom. The van der Waals surface area contributed by atoms with Crippen molar-refractivity contribution in [2.75, 3.05) is 12.9 Å². The summed E-state index contributed by atoms with van der Waals surface area (Å²) < 4.78 is 19.6. The number of aryl methyl sites for hydroxylation is 1. The summed E-state index contributed by atoms with van der Waals surface area (Å²) in [4.78, 5) is 32.5. The van der Waals surface area contributed by atoms with Crippen LogP contribution < -0.4 is 4.74 Å². The third kappa shape index (κ3) is 3.54. The zero-order chi connectivity index (χ0) is 18.0. The molecule has 3 aromatic rings. The number of fused-ring (bicyclic) bond motifs is 1. The van der Waals surface area contributed by atoms with E-state index in [2.05, 4.69) is 9.97 Å². The highest BCUT2D eigenvalue weighted by atomic mass is 32.2. The summed E-state index contributed by atoms with van der Waals surface area (Å²) in [5, 5.41) is 0.627. The van der Waals surface area contributed by atoms with Crippen LogP contribution in [-0.2, 0) is 0 Å². The molecule has 0 aliphatic rings. The van der Waals surface area contributed by atoms with Gasteiger partial charge in [-0.15, -0.1) is 11.3 Å². The van der Waals surface area contributed by atoms with Crippen molar-refractivity contribution in [3.8, 4) is 5.75 Å². The number of Topliss-reactive ketones (excluding diaryl/α,β-unsaturated/α-hetero) is 1. The summed E-state index contributed by atoms with van der Waals surface area (Å²) in [6.45, 7) is 1.71. The molecule has 0 saturated carbocycles. The fourth-order valence-corrected chi connectivity index (χ4v) is 4.09. The number of rotatable bonds is 6. The van der Waals surface area contributed by atoms with Crippen LogP contribution in [0.4, 0.5) is 4.39 Å². The molecule has 2 heterocycles. The van der Waals surface area contributed by atoms with Gasteiger partial charge in [0.1, 0.15) is 10.9 Å². The number of aromatic nitrogens is 2. The number of thioether (sulfide) groups is 1. The lowest BCUT2D eigenvalue weighted by molar-refractivity contribution is 0.102. The molecule has 3 rings (SSSR count). The normalized spacial score (nSPS) is 10.8. The largest absolute Gasteiger partial charge is 0.494 e. The van der Waals surface area contributed by atoms with E-state index in [1.165, 1.54) is 13.2 Å². The topological polar surface area (TPSA) is 69.2 Å². The van der Waals surface area contributed by atoms with Crippen molar-refractivity contribution in [3.63, 3.8) is 0 Å². The Kier molecular flexibility index (Phi) is 5.10.